The van der Waals surface area contributed by atoms with Crippen LogP contribution < -0.4 is 0 Å². The van der Waals surface area contributed by atoms with E-state index in [4.69, 9.17) is 0 Å². The summed E-state index contributed by atoms with van der Waals surface area (Å²) in [6.07, 6.45) is 2.95. The second kappa shape index (κ2) is 8.04. The molecule has 2 atom stereocenters. The first-order valence-corrected chi connectivity index (χ1v) is 10.3. The van der Waals surface area contributed by atoms with Crippen LogP contribution in [0.4, 0.5) is 0 Å². The Bertz CT molecular complexity index is 908. The lowest BCUT2D eigenvalue weighted by Gasteiger charge is -2.51. The predicted octanol–water partition coefficient (Wildman–Crippen LogP) is 3.53. The van der Waals surface area contributed by atoms with Crippen molar-refractivity contribution in [3.8, 4) is 5.75 Å². The van der Waals surface area contributed by atoms with Crippen molar-refractivity contribution < 1.29 is 9.90 Å². The number of fused-ring (bicyclic) bond motifs is 2. The molecule has 6 heteroatoms. The SMILES string of the molecule is CCN1CC[C@@]2(c3cccc(O)c3)Cc3[nH]c(C(=O)N(C)C)c(C)c3C[C@@H]2C1.Cl. The topological polar surface area (TPSA) is 59.6 Å². The fraction of sp³-hybridized carbons (Fsp3) is 0.522. The van der Waals surface area contributed by atoms with Gasteiger partial charge in [0.25, 0.3) is 5.91 Å². The molecule has 158 valence electrons. The number of carbonyl (C=O) groups is 1. The van der Waals surface area contributed by atoms with Gasteiger partial charge in [-0.1, -0.05) is 19.1 Å². The Morgan fingerprint density at radius 2 is 2.14 bits per heavy atom. The molecule has 1 amide bonds. The molecule has 29 heavy (non-hydrogen) atoms. The molecule has 0 unspecified atom stereocenters. The number of likely N-dealkylation sites (tertiary alicyclic amines) is 1. The van der Waals surface area contributed by atoms with Gasteiger partial charge in [-0.3, -0.25) is 4.79 Å². The number of aromatic amines is 1. The molecule has 0 bridgehead atoms. The van der Waals surface area contributed by atoms with Crippen LogP contribution >= 0.6 is 12.4 Å². The molecule has 2 N–H and O–H groups in total. The van der Waals surface area contributed by atoms with Crippen LogP contribution in [-0.2, 0) is 18.3 Å². The number of phenolic OH excluding ortho intramolecular Hbond substituents is 1. The Hall–Kier alpha value is -1.98. The van der Waals surface area contributed by atoms with Gasteiger partial charge in [-0.15, -0.1) is 12.4 Å². The normalized spacial score (nSPS) is 23.7. The fourth-order valence-corrected chi connectivity index (χ4v) is 5.34. The van der Waals surface area contributed by atoms with Gasteiger partial charge < -0.3 is 19.9 Å². The molecule has 0 spiro atoms. The molecule has 4 rings (SSSR count). The summed E-state index contributed by atoms with van der Waals surface area (Å²) in [4.78, 5) is 20.3. The molecule has 1 aromatic carbocycles. The number of H-pyrrole nitrogens is 1. The Balaban J connectivity index is 0.00000240. The number of rotatable bonds is 3. The van der Waals surface area contributed by atoms with Crippen LogP contribution in [0.3, 0.4) is 0 Å². The number of aromatic hydroxyl groups is 1. The average Bonchev–Trinajstić information content (AvgIpc) is 3.00. The maximum atomic E-state index is 12.6. The summed E-state index contributed by atoms with van der Waals surface area (Å²) in [5.41, 5.74) is 5.59. The van der Waals surface area contributed by atoms with E-state index >= 15 is 0 Å². The van der Waals surface area contributed by atoms with Gasteiger partial charge >= 0.3 is 0 Å². The molecular weight excluding hydrogens is 386 g/mol. The monoisotopic (exact) mass is 417 g/mol. The van der Waals surface area contributed by atoms with Gasteiger partial charge in [0.1, 0.15) is 11.4 Å². The van der Waals surface area contributed by atoms with E-state index in [1.165, 1.54) is 16.8 Å². The molecule has 0 radical (unpaired) electrons. The second-order valence-corrected chi connectivity index (χ2v) is 8.71. The highest BCUT2D eigenvalue weighted by Crippen LogP contribution is 2.49. The number of nitrogens with zero attached hydrogens (tertiary/aromatic N) is 2. The zero-order valence-corrected chi connectivity index (χ0v) is 18.6. The Morgan fingerprint density at radius 1 is 1.38 bits per heavy atom. The van der Waals surface area contributed by atoms with Gasteiger partial charge in [0.2, 0.25) is 0 Å². The highest BCUT2D eigenvalue weighted by Gasteiger charge is 2.48. The first-order chi connectivity index (χ1) is 13.4. The molecular formula is C23H32ClN3O2. The minimum Gasteiger partial charge on any atom is -0.508 e. The third-order valence-corrected chi connectivity index (χ3v) is 7.03. The molecule has 2 aromatic rings. The lowest BCUT2D eigenvalue weighted by atomic mass is 9.58. The number of phenols is 1. The van der Waals surface area contributed by atoms with E-state index in [1.54, 1.807) is 25.1 Å². The molecule has 1 fully saturated rings. The highest BCUT2D eigenvalue weighted by molar-refractivity contribution is 5.94. The van der Waals surface area contributed by atoms with Crippen molar-refractivity contribution in [2.75, 3.05) is 33.7 Å². The standard InChI is InChI=1S/C23H31N3O2.ClH/c1-5-26-10-9-23(16-7-6-8-18(27)11-16)13-20-19(12-17(23)14-26)15(2)21(24-20)22(28)25(3)4;/h6-8,11,17,24,27H,5,9-10,12-14H2,1-4H3;1H/t17-,23+;/m1./s1. The van der Waals surface area contributed by atoms with Crippen molar-refractivity contribution in [2.24, 2.45) is 5.92 Å². The van der Waals surface area contributed by atoms with Crippen molar-refractivity contribution in [1.82, 2.24) is 14.8 Å². The average molecular weight is 418 g/mol. The van der Waals surface area contributed by atoms with Crippen molar-refractivity contribution in [1.29, 1.82) is 0 Å². The zero-order chi connectivity index (χ0) is 20.1. The summed E-state index contributed by atoms with van der Waals surface area (Å²) >= 11 is 0. The minimum atomic E-state index is 0. The van der Waals surface area contributed by atoms with E-state index in [0.29, 0.717) is 11.7 Å². The summed E-state index contributed by atoms with van der Waals surface area (Å²) in [7, 11) is 3.60. The summed E-state index contributed by atoms with van der Waals surface area (Å²) < 4.78 is 0. The molecule has 5 nitrogen and oxygen atoms in total. The quantitative estimate of drug-likeness (QED) is 0.803. The lowest BCUT2D eigenvalue weighted by Crippen LogP contribution is -2.53. The van der Waals surface area contributed by atoms with Crippen molar-refractivity contribution in [3.05, 3.63) is 52.3 Å². The highest BCUT2D eigenvalue weighted by atomic mass is 35.5. The smallest absolute Gasteiger partial charge is 0.270 e. The maximum Gasteiger partial charge on any atom is 0.270 e. The molecule has 1 aliphatic heterocycles. The van der Waals surface area contributed by atoms with E-state index in [2.05, 4.69) is 29.8 Å². The number of hydrogen-bond acceptors (Lipinski definition) is 3. The Morgan fingerprint density at radius 3 is 2.79 bits per heavy atom. The largest absolute Gasteiger partial charge is 0.508 e. The van der Waals surface area contributed by atoms with E-state index < -0.39 is 0 Å². The summed E-state index contributed by atoms with van der Waals surface area (Å²) in [6, 6.07) is 7.82. The van der Waals surface area contributed by atoms with E-state index in [-0.39, 0.29) is 23.7 Å². The summed E-state index contributed by atoms with van der Waals surface area (Å²) in [5.74, 6) is 0.851. The molecule has 2 heterocycles. The molecule has 1 aromatic heterocycles. The van der Waals surface area contributed by atoms with Crippen molar-refractivity contribution >= 4 is 18.3 Å². The van der Waals surface area contributed by atoms with Crippen LogP contribution in [0.2, 0.25) is 0 Å². The number of hydrogen-bond donors (Lipinski definition) is 2. The van der Waals surface area contributed by atoms with Crippen LogP contribution in [0.25, 0.3) is 0 Å². The van der Waals surface area contributed by atoms with E-state index in [9.17, 15) is 9.90 Å². The fourth-order valence-electron chi connectivity index (χ4n) is 5.34. The van der Waals surface area contributed by atoms with Gasteiger partial charge in [0.15, 0.2) is 0 Å². The Kier molecular flexibility index (Phi) is 6.02. The summed E-state index contributed by atoms with van der Waals surface area (Å²) in [5, 5.41) is 10.1. The van der Waals surface area contributed by atoms with Gasteiger partial charge in [0.05, 0.1) is 0 Å². The van der Waals surface area contributed by atoms with E-state index in [0.717, 1.165) is 50.2 Å². The zero-order valence-electron chi connectivity index (χ0n) is 17.8. The number of amides is 1. The van der Waals surface area contributed by atoms with Gasteiger partial charge in [-0.25, -0.2) is 0 Å². The van der Waals surface area contributed by atoms with Gasteiger partial charge in [0, 0.05) is 31.7 Å². The van der Waals surface area contributed by atoms with E-state index in [1.807, 2.05) is 12.1 Å². The summed E-state index contributed by atoms with van der Waals surface area (Å²) in [6.45, 7) is 7.50. The third kappa shape index (κ3) is 3.55. The number of benzene rings is 1. The van der Waals surface area contributed by atoms with Crippen LogP contribution in [-0.4, -0.2) is 59.5 Å². The number of carbonyl (C=O) groups excluding carboxylic acids is 1. The number of aromatic nitrogens is 1. The van der Waals surface area contributed by atoms with Gasteiger partial charge in [-0.05, 0) is 74.0 Å². The van der Waals surface area contributed by atoms with Crippen LogP contribution in [0.5, 0.6) is 5.75 Å². The maximum absolute atomic E-state index is 12.6. The minimum absolute atomic E-state index is 0. The second-order valence-electron chi connectivity index (χ2n) is 8.71. The van der Waals surface area contributed by atoms with Crippen molar-refractivity contribution in [3.63, 3.8) is 0 Å². The first-order valence-electron chi connectivity index (χ1n) is 10.3. The Labute approximate surface area is 179 Å². The van der Waals surface area contributed by atoms with Crippen LogP contribution in [0.15, 0.2) is 24.3 Å². The van der Waals surface area contributed by atoms with Crippen molar-refractivity contribution in [2.45, 2.75) is 38.5 Å². The third-order valence-electron chi connectivity index (χ3n) is 7.03. The molecule has 0 saturated carbocycles. The van der Waals surface area contributed by atoms with Crippen LogP contribution in [0, 0.1) is 12.8 Å². The molecule has 2 aliphatic rings. The van der Waals surface area contributed by atoms with Crippen LogP contribution in [0.1, 0.15) is 46.2 Å². The number of piperidine rings is 1. The number of halogens is 1. The predicted molar refractivity (Wildman–Crippen MR) is 118 cm³/mol. The lowest BCUT2D eigenvalue weighted by molar-refractivity contribution is 0.0820. The molecule has 1 aliphatic carbocycles. The van der Waals surface area contributed by atoms with Gasteiger partial charge in [-0.2, -0.15) is 0 Å². The number of nitrogens with one attached hydrogen (secondary N) is 1. The molecule has 1 saturated heterocycles. The first kappa shape index (κ1) is 21.7.